The number of rotatable bonds is 5. The first-order valence-corrected chi connectivity index (χ1v) is 9.03. The first kappa shape index (κ1) is 18.9. The fourth-order valence-corrected chi connectivity index (χ4v) is 2.74. The molecule has 3 aromatic rings. The van der Waals surface area contributed by atoms with Crippen molar-refractivity contribution in [3.8, 4) is 5.75 Å². The molecule has 0 unspecified atom stereocenters. The zero-order chi connectivity index (χ0) is 19.1. The largest absolute Gasteiger partial charge is 0.489 e. The molecular formula is C21H17ClN2O2S. The van der Waals surface area contributed by atoms with Gasteiger partial charge in [-0.3, -0.25) is 10.1 Å². The molecule has 4 nitrogen and oxygen atoms in total. The molecule has 136 valence electrons. The van der Waals surface area contributed by atoms with Crippen LogP contribution in [0.15, 0.2) is 78.9 Å². The maximum Gasteiger partial charge on any atom is 0.257 e. The van der Waals surface area contributed by atoms with Crippen LogP contribution in [0, 0.1) is 0 Å². The van der Waals surface area contributed by atoms with E-state index in [9.17, 15) is 4.79 Å². The minimum atomic E-state index is -0.321. The summed E-state index contributed by atoms with van der Waals surface area (Å²) in [7, 11) is 0. The van der Waals surface area contributed by atoms with Gasteiger partial charge in [-0.2, -0.15) is 0 Å². The lowest BCUT2D eigenvalue weighted by molar-refractivity contribution is 0.0977. The van der Waals surface area contributed by atoms with Gasteiger partial charge in [-0.1, -0.05) is 48.0 Å². The second-order valence-corrected chi connectivity index (χ2v) is 6.56. The molecule has 0 aromatic heterocycles. The summed E-state index contributed by atoms with van der Waals surface area (Å²) >= 11 is 11.1. The minimum absolute atomic E-state index is 0.206. The highest BCUT2D eigenvalue weighted by molar-refractivity contribution is 7.80. The van der Waals surface area contributed by atoms with Gasteiger partial charge in [0.05, 0.1) is 0 Å². The number of halogens is 1. The summed E-state index contributed by atoms with van der Waals surface area (Å²) in [4.78, 5) is 12.2. The fourth-order valence-electron chi connectivity index (χ4n) is 2.34. The zero-order valence-corrected chi connectivity index (χ0v) is 15.9. The average Bonchev–Trinajstić information content (AvgIpc) is 2.68. The Kier molecular flexibility index (Phi) is 6.41. The van der Waals surface area contributed by atoms with E-state index in [1.165, 1.54) is 0 Å². The van der Waals surface area contributed by atoms with Crippen molar-refractivity contribution in [1.82, 2.24) is 5.32 Å². The number of ether oxygens (including phenoxy) is 1. The molecule has 0 fully saturated rings. The predicted molar refractivity (Wildman–Crippen MR) is 112 cm³/mol. The normalized spacial score (nSPS) is 10.1. The quantitative estimate of drug-likeness (QED) is 0.593. The van der Waals surface area contributed by atoms with E-state index in [1.807, 2.05) is 54.6 Å². The Morgan fingerprint density at radius 1 is 0.963 bits per heavy atom. The van der Waals surface area contributed by atoms with Gasteiger partial charge in [0.25, 0.3) is 5.91 Å². The molecule has 0 saturated heterocycles. The van der Waals surface area contributed by atoms with Crippen molar-refractivity contribution in [3.05, 3.63) is 95.0 Å². The van der Waals surface area contributed by atoms with Crippen molar-refractivity contribution < 1.29 is 9.53 Å². The van der Waals surface area contributed by atoms with E-state index in [1.54, 1.807) is 24.3 Å². The summed E-state index contributed by atoms with van der Waals surface area (Å²) in [5.74, 6) is 0.427. The lowest BCUT2D eigenvalue weighted by Gasteiger charge is -2.11. The number of amides is 1. The number of nitrogens with one attached hydrogen (secondary N) is 2. The highest BCUT2D eigenvalue weighted by Gasteiger charge is 2.08. The summed E-state index contributed by atoms with van der Waals surface area (Å²) < 4.78 is 5.74. The van der Waals surface area contributed by atoms with Crippen molar-refractivity contribution in [2.45, 2.75) is 6.61 Å². The van der Waals surface area contributed by atoms with Gasteiger partial charge in [0.1, 0.15) is 12.4 Å². The van der Waals surface area contributed by atoms with Crippen molar-refractivity contribution in [1.29, 1.82) is 0 Å². The molecule has 0 aliphatic carbocycles. The van der Waals surface area contributed by atoms with Gasteiger partial charge in [-0.25, -0.2) is 0 Å². The van der Waals surface area contributed by atoms with Crippen LogP contribution in [0.1, 0.15) is 15.9 Å². The van der Waals surface area contributed by atoms with Crippen LogP contribution in [-0.4, -0.2) is 11.0 Å². The maximum atomic E-state index is 12.2. The Labute approximate surface area is 168 Å². The Morgan fingerprint density at radius 3 is 2.41 bits per heavy atom. The molecule has 0 atom stereocenters. The number of carbonyl (C=O) groups excluding carboxylic acids is 1. The molecular weight excluding hydrogens is 380 g/mol. The van der Waals surface area contributed by atoms with Crippen LogP contribution in [0.5, 0.6) is 5.75 Å². The van der Waals surface area contributed by atoms with Gasteiger partial charge in [-0.05, 0) is 60.2 Å². The molecule has 6 heteroatoms. The van der Waals surface area contributed by atoms with Gasteiger partial charge < -0.3 is 10.1 Å². The topological polar surface area (TPSA) is 50.4 Å². The van der Waals surface area contributed by atoms with E-state index in [-0.39, 0.29) is 11.0 Å². The first-order chi connectivity index (χ1) is 13.1. The van der Waals surface area contributed by atoms with Crippen molar-refractivity contribution in [3.63, 3.8) is 0 Å². The molecule has 3 rings (SSSR count). The van der Waals surface area contributed by atoms with Crippen LogP contribution in [0.4, 0.5) is 5.69 Å². The molecule has 0 aliphatic rings. The second kappa shape index (κ2) is 9.16. The van der Waals surface area contributed by atoms with E-state index in [4.69, 9.17) is 28.6 Å². The lowest BCUT2D eigenvalue weighted by Crippen LogP contribution is -2.34. The molecule has 1 amide bonds. The molecule has 2 N–H and O–H groups in total. The van der Waals surface area contributed by atoms with Crippen LogP contribution >= 0.6 is 23.8 Å². The summed E-state index contributed by atoms with van der Waals surface area (Å²) in [6.45, 7) is 0.502. The van der Waals surface area contributed by atoms with Gasteiger partial charge in [-0.15, -0.1) is 0 Å². The van der Waals surface area contributed by atoms with Crippen molar-refractivity contribution >= 4 is 40.5 Å². The number of carbonyl (C=O) groups is 1. The average molecular weight is 397 g/mol. The number of hydrogen-bond donors (Lipinski definition) is 2. The molecule has 0 saturated carbocycles. The van der Waals surface area contributed by atoms with Crippen LogP contribution in [0.25, 0.3) is 0 Å². The highest BCUT2D eigenvalue weighted by atomic mass is 35.5. The van der Waals surface area contributed by atoms with E-state index in [0.29, 0.717) is 17.2 Å². The smallest absolute Gasteiger partial charge is 0.257 e. The number of benzene rings is 3. The summed E-state index contributed by atoms with van der Waals surface area (Å²) in [5.41, 5.74) is 2.29. The van der Waals surface area contributed by atoms with Gasteiger partial charge in [0.15, 0.2) is 5.11 Å². The first-order valence-electron chi connectivity index (χ1n) is 8.25. The molecule has 3 aromatic carbocycles. The standard InChI is InChI=1S/C21H17ClN2O2S/c22-17-8-4-7-16(13-17)20(25)24-21(27)23-18-9-11-19(12-10-18)26-14-15-5-2-1-3-6-15/h1-13H,14H2,(H2,23,24,25,27). The third-order valence-electron chi connectivity index (χ3n) is 3.67. The van der Waals surface area contributed by atoms with Gasteiger partial charge >= 0.3 is 0 Å². The number of anilines is 1. The van der Waals surface area contributed by atoms with E-state index < -0.39 is 0 Å². The third kappa shape index (κ3) is 5.81. The van der Waals surface area contributed by atoms with Crippen LogP contribution in [0.2, 0.25) is 5.02 Å². The van der Waals surface area contributed by atoms with Crippen molar-refractivity contribution in [2.75, 3.05) is 5.32 Å². The summed E-state index contributed by atoms with van der Waals surface area (Å²) in [5, 5.41) is 6.29. The van der Waals surface area contributed by atoms with Crippen molar-refractivity contribution in [2.24, 2.45) is 0 Å². The lowest BCUT2D eigenvalue weighted by atomic mass is 10.2. The predicted octanol–water partition coefficient (Wildman–Crippen LogP) is 5.05. The Bertz CT molecular complexity index is 930. The molecule has 0 heterocycles. The molecule has 27 heavy (non-hydrogen) atoms. The summed E-state index contributed by atoms with van der Waals surface area (Å²) in [6.07, 6.45) is 0. The van der Waals surface area contributed by atoms with E-state index >= 15 is 0 Å². The van der Waals surface area contributed by atoms with E-state index in [0.717, 1.165) is 17.0 Å². The minimum Gasteiger partial charge on any atom is -0.489 e. The molecule has 0 spiro atoms. The third-order valence-corrected chi connectivity index (χ3v) is 4.11. The number of thiocarbonyl (C=S) groups is 1. The van der Waals surface area contributed by atoms with E-state index in [2.05, 4.69) is 10.6 Å². The monoisotopic (exact) mass is 396 g/mol. The zero-order valence-electron chi connectivity index (χ0n) is 14.3. The summed E-state index contributed by atoms with van der Waals surface area (Å²) in [6, 6.07) is 24.0. The van der Waals surface area contributed by atoms with Crippen LogP contribution in [0.3, 0.4) is 0 Å². The SMILES string of the molecule is O=C(NC(=S)Nc1ccc(OCc2ccccc2)cc1)c1cccc(Cl)c1. The van der Waals surface area contributed by atoms with Gasteiger partial charge in [0, 0.05) is 16.3 Å². The van der Waals surface area contributed by atoms with Crippen LogP contribution < -0.4 is 15.4 Å². The van der Waals surface area contributed by atoms with Crippen LogP contribution in [-0.2, 0) is 6.61 Å². The Balaban J connectivity index is 1.51. The molecule has 0 bridgehead atoms. The fraction of sp³-hybridized carbons (Fsp3) is 0.0476. The Hall–Kier alpha value is -2.89. The molecule has 0 aliphatic heterocycles. The highest BCUT2D eigenvalue weighted by Crippen LogP contribution is 2.17. The Morgan fingerprint density at radius 2 is 1.70 bits per heavy atom. The van der Waals surface area contributed by atoms with Gasteiger partial charge in [0.2, 0.25) is 0 Å². The molecule has 0 radical (unpaired) electrons. The second-order valence-electron chi connectivity index (χ2n) is 5.72. The number of hydrogen-bond acceptors (Lipinski definition) is 3. The maximum absolute atomic E-state index is 12.2.